The zero-order chi connectivity index (χ0) is 24.3. The molecule has 0 aliphatic heterocycles. The maximum absolute atomic E-state index is 13.0. The molecule has 0 saturated heterocycles. The molecule has 0 aliphatic rings. The van der Waals surface area contributed by atoms with Gasteiger partial charge < -0.3 is 15.0 Å². The van der Waals surface area contributed by atoms with Gasteiger partial charge in [-0.05, 0) is 61.5 Å². The Kier molecular flexibility index (Phi) is 9.68. The fourth-order valence-electron chi connectivity index (χ4n) is 3.69. The van der Waals surface area contributed by atoms with Crippen molar-refractivity contribution in [2.45, 2.75) is 26.7 Å². The number of nitrogens with zero attached hydrogens (tertiary/aromatic N) is 1. The first-order valence-corrected chi connectivity index (χ1v) is 12.0. The largest absolute Gasteiger partial charge is 0.494 e. The van der Waals surface area contributed by atoms with Crippen LogP contribution in [0.15, 0.2) is 72.8 Å². The molecule has 3 rings (SSSR count). The molecule has 0 bridgehead atoms. The van der Waals surface area contributed by atoms with Crippen molar-refractivity contribution in [3.05, 3.63) is 94.5 Å². The number of hydrogen-bond donors (Lipinski definition) is 1. The summed E-state index contributed by atoms with van der Waals surface area (Å²) in [6.45, 7) is 8.07. The number of halogens is 1. The minimum atomic E-state index is -0.211. The van der Waals surface area contributed by atoms with E-state index in [1.807, 2.05) is 42.5 Å². The number of hydrogen-bond acceptors (Lipinski definition) is 4. The number of benzene rings is 3. The highest BCUT2D eigenvalue weighted by atomic mass is 35.5. The Hall–Kier alpha value is -3.15. The Morgan fingerprint density at radius 3 is 2.32 bits per heavy atom. The molecule has 6 heteroatoms. The number of amides is 1. The van der Waals surface area contributed by atoms with Crippen molar-refractivity contribution in [2.24, 2.45) is 0 Å². The molecule has 1 N–H and O–H groups in total. The van der Waals surface area contributed by atoms with Gasteiger partial charge in [0.05, 0.1) is 13.0 Å². The molecule has 178 valence electrons. The topological polar surface area (TPSA) is 58.6 Å². The smallest absolute Gasteiger partial charge is 0.228 e. The van der Waals surface area contributed by atoms with Gasteiger partial charge in [-0.15, -0.1) is 0 Å². The van der Waals surface area contributed by atoms with Crippen LogP contribution in [0.5, 0.6) is 5.75 Å². The van der Waals surface area contributed by atoms with Crippen molar-refractivity contribution in [1.29, 1.82) is 0 Å². The third-order valence-corrected chi connectivity index (χ3v) is 5.86. The quantitative estimate of drug-likeness (QED) is 0.261. The third kappa shape index (κ3) is 7.44. The predicted octanol–water partition coefficient (Wildman–Crippen LogP) is 5.86. The molecule has 0 saturated carbocycles. The SMILES string of the molecule is CCN(CC)CCCOc1ccc(NC(=O)Cc2ccc(Cl)cc2C(=O)c2ccccc2)cc1. The second-order valence-corrected chi connectivity index (χ2v) is 8.41. The summed E-state index contributed by atoms with van der Waals surface area (Å²) < 4.78 is 5.81. The lowest BCUT2D eigenvalue weighted by molar-refractivity contribution is -0.115. The summed E-state index contributed by atoms with van der Waals surface area (Å²) in [5, 5.41) is 3.34. The maximum atomic E-state index is 13.0. The summed E-state index contributed by atoms with van der Waals surface area (Å²) in [7, 11) is 0. The number of ketones is 1. The van der Waals surface area contributed by atoms with Crippen LogP contribution in [0.2, 0.25) is 5.02 Å². The Balaban J connectivity index is 1.57. The van der Waals surface area contributed by atoms with E-state index in [0.717, 1.165) is 31.8 Å². The van der Waals surface area contributed by atoms with E-state index in [2.05, 4.69) is 24.1 Å². The van der Waals surface area contributed by atoms with E-state index in [1.165, 1.54) is 0 Å². The molecular formula is C28H31ClN2O3. The Morgan fingerprint density at radius 1 is 0.941 bits per heavy atom. The summed E-state index contributed by atoms with van der Waals surface area (Å²) in [5.41, 5.74) is 2.29. The van der Waals surface area contributed by atoms with Crippen LogP contribution in [0.3, 0.4) is 0 Å². The zero-order valence-corrected chi connectivity index (χ0v) is 20.5. The average Bonchev–Trinajstić information content (AvgIpc) is 2.86. The van der Waals surface area contributed by atoms with Crippen molar-refractivity contribution < 1.29 is 14.3 Å². The lowest BCUT2D eigenvalue weighted by Crippen LogP contribution is -2.25. The standard InChI is InChI=1S/C28H31ClN2O3/c1-3-31(4-2)17-8-18-34-25-15-13-24(14-16-25)30-27(32)19-22-11-12-23(29)20-26(22)28(33)21-9-6-5-7-10-21/h5-7,9-16,20H,3-4,8,17-19H2,1-2H3,(H,30,32). The van der Waals surface area contributed by atoms with Crippen molar-refractivity contribution in [3.63, 3.8) is 0 Å². The first kappa shape index (κ1) is 25.5. The first-order valence-electron chi connectivity index (χ1n) is 11.6. The van der Waals surface area contributed by atoms with Gasteiger partial charge in [-0.25, -0.2) is 0 Å². The number of carbonyl (C=O) groups is 2. The number of carbonyl (C=O) groups excluding carboxylic acids is 2. The number of rotatable bonds is 12. The molecule has 0 atom stereocenters. The van der Waals surface area contributed by atoms with E-state index < -0.39 is 0 Å². The van der Waals surface area contributed by atoms with Crippen molar-refractivity contribution in [2.75, 3.05) is 31.6 Å². The molecule has 0 aromatic heterocycles. The summed E-state index contributed by atoms with van der Waals surface area (Å²) >= 11 is 6.14. The van der Waals surface area contributed by atoms with Crippen LogP contribution in [-0.4, -0.2) is 42.8 Å². The second-order valence-electron chi connectivity index (χ2n) is 7.97. The van der Waals surface area contributed by atoms with Crippen LogP contribution in [0.25, 0.3) is 0 Å². The summed E-state index contributed by atoms with van der Waals surface area (Å²) in [6.07, 6.45) is 1.03. The summed E-state index contributed by atoms with van der Waals surface area (Å²) in [5.74, 6) is 0.400. The molecule has 0 heterocycles. The molecule has 3 aromatic carbocycles. The fourth-order valence-corrected chi connectivity index (χ4v) is 3.86. The van der Waals surface area contributed by atoms with Gasteiger partial charge in [0.2, 0.25) is 5.91 Å². The number of anilines is 1. The van der Waals surface area contributed by atoms with Crippen LogP contribution in [-0.2, 0) is 11.2 Å². The highest BCUT2D eigenvalue weighted by molar-refractivity contribution is 6.31. The highest BCUT2D eigenvalue weighted by Crippen LogP contribution is 2.21. The minimum Gasteiger partial charge on any atom is -0.494 e. The zero-order valence-electron chi connectivity index (χ0n) is 19.7. The molecule has 0 aliphatic carbocycles. The number of ether oxygens (including phenoxy) is 1. The predicted molar refractivity (Wildman–Crippen MR) is 138 cm³/mol. The molecule has 1 amide bonds. The van der Waals surface area contributed by atoms with E-state index in [0.29, 0.717) is 34.0 Å². The van der Waals surface area contributed by atoms with Crippen molar-refractivity contribution >= 4 is 29.0 Å². The highest BCUT2D eigenvalue weighted by Gasteiger charge is 2.16. The van der Waals surface area contributed by atoms with E-state index in [9.17, 15) is 9.59 Å². The van der Waals surface area contributed by atoms with E-state index in [4.69, 9.17) is 16.3 Å². The molecule has 3 aromatic rings. The second kappa shape index (κ2) is 12.9. The molecular weight excluding hydrogens is 448 g/mol. The summed E-state index contributed by atoms with van der Waals surface area (Å²) in [6, 6.07) is 21.3. The third-order valence-electron chi connectivity index (χ3n) is 5.62. The van der Waals surface area contributed by atoms with Gasteiger partial charge in [-0.3, -0.25) is 9.59 Å². The van der Waals surface area contributed by atoms with Crippen molar-refractivity contribution in [1.82, 2.24) is 4.90 Å². The van der Waals surface area contributed by atoms with Gasteiger partial charge in [-0.2, -0.15) is 0 Å². The first-order chi connectivity index (χ1) is 16.5. The molecule has 0 radical (unpaired) electrons. The molecule has 34 heavy (non-hydrogen) atoms. The average molecular weight is 479 g/mol. The molecule has 0 fully saturated rings. The van der Waals surface area contributed by atoms with Gasteiger partial charge in [0, 0.05) is 28.4 Å². The van der Waals surface area contributed by atoms with E-state index in [1.54, 1.807) is 30.3 Å². The summed E-state index contributed by atoms with van der Waals surface area (Å²) in [4.78, 5) is 28.0. The Morgan fingerprint density at radius 2 is 1.65 bits per heavy atom. The molecule has 5 nitrogen and oxygen atoms in total. The van der Waals surface area contributed by atoms with Crippen LogP contribution in [0, 0.1) is 0 Å². The maximum Gasteiger partial charge on any atom is 0.228 e. The van der Waals surface area contributed by atoms with E-state index >= 15 is 0 Å². The molecule has 0 spiro atoms. The minimum absolute atomic E-state index is 0.0642. The van der Waals surface area contributed by atoms with Gasteiger partial charge in [-0.1, -0.05) is 61.8 Å². The van der Waals surface area contributed by atoms with E-state index in [-0.39, 0.29) is 18.1 Å². The Labute approximate surface area is 206 Å². The lowest BCUT2D eigenvalue weighted by Gasteiger charge is -2.17. The van der Waals surface area contributed by atoms with Gasteiger partial charge in [0.25, 0.3) is 0 Å². The van der Waals surface area contributed by atoms with Gasteiger partial charge >= 0.3 is 0 Å². The normalized spacial score (nSPS) is 10.8. The van der Waals surface area contributed by atoms with Gasteiger partial charge in [0.15, 0.2) is 5.78 Å². The van der Waals surface area contributed by atoms with Crippen LogP contribution in [0.1, 0.15) is 41.8 Å². The molecule has 0 unspecified atom stereocenters. The monoisotopic (exact) mass is 478 g/mol. The van der Waals surface area contributed by atoms with Crippen LogP contribution < -0.4 is 10.1 Å². The fraction of sp³-hybridized carbons (Fsp3) is 0.286. The van der Waals surface area contributed by atoms with Crippen LogP contribution in [0.4, 0.5) is 5.69 Å². The lowest BCUT2D eigenvalue weighted by atomic mass is 9.96. The van der Waals surface area contributed by atoms with Crippen LogP contribution >= 0.6 is 11.6 Å². The number of nitrogens with one attached hydrogen (secondary N) is 1. The van der Waals surface area contributed by atoms with Gasteiger partial charge in [0.1, 0.15) is 5.75 Å². The van der Waals surface area contributed by atoms with Crippen molar-refractivity contribution in [3.8, 4) is 5.75 Å². The Bertz CT molecular complexity index is 1080.